The molecular formula is C15H19N3O3. The van der Waals surface area contributed by atoms with Crippen LogP contribution in [-0.4, -0.2) is 42.2 Å². The van der Waals surface area contributed by atoms with Crippen LogP contribution in [0.3, 0.4) is 0 Å². The van der Waals surface area contributed by atoms with E-state index in [0.29, 0.717) is 18.3 Å². The predicted octanol–water partition coefficient (Wildman–Crippen LogP) is 1.79. The van der Waals surface area contributed by atoms with Crippen molar-refractivity contribution in [3.05, 3.63) is 24.2 Å². The fraction of sp³-hybridized carbons (Fsp3) is 0.467. The summed E-state index contributed by atoms with van der Waals surface area (Å²) in [5, 5.41) is 0. The Morgan fingerprint density at radius 2 is 2.24 bits per heavy atom. The summed E-state index contributed by atoms with van der Waals surface area (Å²) < 4.78 is 12.6. The van der Waals surface area contributed by atoms with E-state index >= 15 is 0 Å². The number of aromatic nitrogens is 2. The Morgan fingerprint density at radius 1 is 1.48 bits per heavy atom. The molecule has 1 aliphatic rings. The van der Waals surface area contributed by atoms with E-state index in [1.165, 1.54) is 0 Å². The van der Waals surface area contributed by atoms with Gasteiger partial charge in [-0.25, -0.2) is 4.98 Å². The highest BCUT2D eigenvalue weighted by atomic mass is 16.5. The van der Waals surface area contributed by atoms with Gasteiger partial charge in [0.05, 0.1) is 11.7 Å². The van der Waals surface area contributed by atoms with Gasteiger partial charge in [-0.1, -0.05) is 0 Å². The number of imidazole rings is 1. The number of anilines is 1. The molecule has 0 spiro atoms. The second-order valence-electron chi connectivity index (χ2n) is 5.31. The highest BCUT2D eigenvalue weighted by molar-refractivity contribution is 5.66. The number of hydrogen-bond acceptors (Lipinski definition) is 5. The zero-order valence-corrected chi connectivity index (χ0v) is 12.3. The van der Waals surface area contributed by atoms with Crippen LogP contribution in [-0.2, 0) is 9.53 Å². The van der Waals surface area contributed by atoms with E-state index in [-0.39, 0.29) is 0 Å². The summed E-state index contributed by atoms with van der Waals surface area (Å²) in [4.78, 5) is 17.1. The van der Waals surface area contributed by atoms with Crippen LogP contribution in [0.25, 0.3) is 5.52 Å². The van der Waals surface area contributed by atoms with E-state index in [1.807, 2.05) is 17.4 Å². The molecule has 6 nitrogen and oxygen atoms in total. The van der Waals surface area contributed by atoms with Crippen LogP contribution in [0.4, 0.5) is 5.82 Å². The highest BCUT2D eigenvalue weighted by Crippen LogP contribution is 2.32. The summed E-state index contributed by atoms with van der Waals surface area (Å²) in [7, 11) is 2.07. The first kappa shape index (κ1) is 13.9. The second kappa shape index (κ2) is 5.73. The number of hydrogen-bond donors (Lipinski definition) is 0. The van der Waals surface area contributed by atoms with E-state index in [9.17, 15) is 4.79 Å². The van der Waals surface area contributed by atoms with Gasteiger partial charge >= 0.3 is 0 Å². The molecule has 2 aromatic rings. The lowest BCUT2D eigenvalue weighted by molar-refractivity contribution is -0.120. The fourth-order valence-corrected chi connectivity index (χ4v) is 2.98. The van der Waals surface area contributed by atoms with E-state index < -0.39 is 0 Å². The van der Waals surface area contributed by atoms with Gasteiger partial charge in [-0.05, 0) is 19.8 Å². The molecule has 0 N–H and O–H groups in total. The maximum atomic E-state index is 10.7. The Kier molecular flexibility index (Phi) is 3.79. The van der Waals surface area contributed by atoms with Crippen LogP contribution in [0, 0.1) is 6.92 Å². The minimum Gasteiger partial charge on any atom is -0.428 e. The molecule has 112 valence electrons. The quantitative estimate of drug-likeness (QED) is 0.803. The molecule has 0 aromatic carbocycles. The Hall–Kier alpha value is -2.08. The molecule has 0 saturated carbocycles. The van der Waals surface area contributed by atoms with Crippen molar-refractivity contribution < 1.29 is 14.3 Å². The number of pyridine rings is 1. The summed E-state index contributed by atoms with van der Waals surface area (Å²) in [6.45, 7) is 3.99. The standard InChI is InChI=1S/C15H19N3O3/c1-11-14(21-10-19)7-13-8-16-9-18(13)15(11)17(2)12-3-5-20-6-4-12/h7-10,12H,3-6H2,1-2H3. The van der Waals surface area contributed by atoms with Crippen LogP contribution < -0.4 is 9.64 Å². The summed E-state index contributed by atoms with van der Waals surface area (Å²) in [5.74, 6) is 1.58. The highest BCUT2D eigenvalue weighted by Gasteiger charge is 2.23. The average Bonchev–Trinajstić information content (AvgIpc) is 2.96. The monoisotopic (exact) mass is 289 g/mol. The maximum Gasteiger partial charge on any atom is 0.298 e. The third kappa shape index (κ3) is 2.47. The number of ether oxygens (including phenoxy) is 2. The topological polar surface area (TPSA) is 56.1 Å². The molecule has 0 radical (unpaired) electrons. The van der Waals surface area contributed by atoms with E-state index in [2.05, 4.69) is 16.9 Å². The third-order valence-electron chi connectivity index (χ3n) is 4.13. The first-order chi connectivity index (χ1) is 10.2. The third-order valence-corrected chi connectivity index (χ3v) is 4.13. The molecule has 1 saturated heterocycles. The molecule has 3 rings (SSSR count). The van der Waals surface area contributed by atoms with Crippen molar-refractivity contribution in [1.29, 1.82) is 0 Å². The zero-order chi connectivity index (χ0) is 14.8. The van der Waals surface area contributed by atoms with Gasteiger partial charge in [0.2, 0.25) is 0 Å². The molecule has 2 aromatic heterocycles. The number of fused-ring (bicyclic) bond motifs is 1. The molecule has 3 heterocycles. The van der Waals surface area contributed by atoms with Gasteiger partial charge in [-0.2, -0.15) is 0 Å². The Bertz CT molecular complexity index is 647. The number of carbonyl (C=O) groups excluding carboxylic acids is 1. The SMILES string of the molecule is Cc1c(OC=O)cc2cncn2c1N(C)C1CCOCC1. The molecule has 6 heteroatoms. The van der Waals surface area contributed by atoms with Crippen molar-refractivity contribution in [3.63, 3.8) is 0 Å². The van der Waals surface area contributed by atoms with Crippen LogP contribution in [0.5, 0.6) is 5.75 Å². The Morgan fingerprint density at radius 3 is 2.95 bits per heavy atom. The molecule has 0 amide bonds. The maximum absolute atomic E-state index is 10.7. The van der Waals surface area contributed by atoms with Gasteiger partial charge in [-0.15, -0.1) is 0 Å². The predicted molar refractivity (Wildman–Crippen MR) is 78.9 cm³/mol. The fourth-order valence-electron chi connectivity index (χ4n) is 2.98. The lowest BCUT2D eigenvalue weighted by Gasteiger charge is -2.34. The average molecular weight is 289 g/mol. The van der Waals surface area contributed by atoms with Crippen LogP contribution in [0.15, 0.2) is 18.6 Å². The molecule has 1 fully saturated rings. The van der Waals surface area contributed by atoms with Gasteiger partial charge in [0.1, 0.15) is 17.9 Å². The summed E-state index contributed by atoms with van der Waals surface area (Å²) in [6, 6.07) is 2.24. The van der Waals surface area contributed by atoms with Gasteiger partial charge < -0.3 is 14.4 Å². The summed E-state index contributed by atoms with van der Waals surface area (Å²) in [6.07, 6.45) is 5.53. The first-order valence-corrected chi connectivity index (χ1v) is 7.09. The Labute approximate surface area is 123 Å². The molecular weight excluding hydrogens is 270 g/mol. The number of rotatable bonds is 4. The molecule has 0 atom stereocenters. The molecule has 0 unspecified atom stereocenters. The van der Waals surface area contributed by atoms with Crippen molar-refractivity contribution >= 4 is 17.8 Å². The van der Waals surface area contributed by atoms with E-state index in [0.717, 1.165) is 43.0 Å². The Balaban J connectivity index is 2.08. The van der Waals surface area contributed by atoms with Gasteiger partial charge in [0.15, 0.2) is 0 Å². The summed E-state index contributed by atoms with van der Waals surface area (Å²) >= 11 is 0. The normalized spacial score (nSPS) is 16.1. The molecule has 0 aliphatic carbocycles. The van der Waals surface area contributed by atoms with Crippen molar-refractivity contribution in [1.82, 2.24) is 9.38 Å². The lowest BCUT2D eigenvalue weighted by atomic mass is 10.1. The van der Waals surface area contributed by atoms with Gasteiger partial charge in [-0.3, -0.25) is 9.20 Å². The minimum atomic E-state index is 0.412. The lowest BCUT2D eigenvalue weighted by Crippen LogP contribution is -2.38. The smallest absolute Gasteiger partial charge is 0.298 e. The van der Waals surface area contributed by atoms with Crippen molar-refractivity contribution in [2.24, 2.45) is 0 Å². The van der Waals surface area contributed by atoms with Crippen LogP contribution >= 0.6 is 0 Å². The zero-order valence-electron chi connectivity index (χ0n) is 12.3. The van der Waals surface area contributed by atoms with Crippen LogP contribution in [0.2, 0.25) is 0 Å². The first-order valence-electron chi connectivity index (χ1n) is 7.09. The van der Waals surface area contributed by atoms with E-state index in [1.54, 1.807) is 12.5 Å². The molecule has 0 bridgehead atoms. The van der Waals surface area contributed by atoms with Crippen molar-refractivity contribution in [2.75, 3.05) is 25.2 Å². The van der Waals surface area contributed by atoms with Crippen molar-refractivity contribution in [3.8, 4) is 5.75 Å². The van der Waals surface area contributed by atoms with E-state index in [4.69, 9.17) is 9.47 Å². The largest absolute Gasteiger partial charge is 0.428 e. The number of carbonyl (C=O) groups is 1. The second-order valence-corrected chi connectivity index (χ2v) is 5.31. The minimum absolute atomic E-state index is 0.412. The number of nitrogens with zero attached hydrogens (tertiary/aromatic N) is 3. The van der Waals surface area contributed by atoms with Gasteiger partial charge in [0.25, 0.3) is 6.47 Å². The van der Waals surface area contributed by atoms with Crippen molar-refractivity contribution in [2.45, 2.75) is 25.8 Å². The molecule has 1 aliphatic heterocycles. The molecule has 21 heavy (non-hydrogen) atoms. The summed E-state index contributed by atoms with van der Waals surface area (Å²) in [5.41, 5.74) is 1.84. The van der Waals surface area contributed by atoms with Gasteiger partial charge in [0, 0.05) is 37.9 Å². The van der Waals surface area contributed by atoms with Crippen LogP contribution in [0.1, 0.15) is 18.4 Å².